The van der Waals surface area contributed by atoms with Crippen molar-refractivity contribution in [2.75, 3.05) is 0 Å². The Balaban J connectivity index is 2.64. The van der Waals surface area contributed by atoms with Crippen molar-refractivity contribution in [3.8, 4) is 11.1 Å². The van der Waals surface area contributed by atoms with Gasteiger partial charge in [0.15, 0.2) is 12.1 Å². The molecule has 5 heteroatoms. The molecule has 86 valence electrons. The lowest BCUT2D eigenvalue weighted by Gasteiger charge is -2.06. The van der Waals surface area contributed by atoms with Crippen LogP contribution in [-0.2, 0) is 0 Å². The van der Waals surface area contributed by atoms with Crippen molar-refractivity contribution < 1.29 is 9.18 Å². The number of hydrogen-bond acceptors (Lipinski definition) is 2. The first-order valence-corrected chi connectivity index (χ1v) is 5.43. The third-order valence-electron chi connectivity index (χ3n) is 2.29. The molecule has 1 aromatic heterocycles. The highest BCUT2D eigenvalue weighted by molar-refractivity contribution is 6.42. The standard InChI is InChI=1S/C12H6Cl2FNO/c13-10-2-1-7(3-11(10)14)8-4-16-5-12(15)9(8)6-17/h1-6H. The van der Waals surface area contributed by atoms with Gasteiger partial charge in [-0.2, -0.15) is 0 Å². The van der Waals surface area contributed by atoms with Gasteiger partial charge in [0.2, 0.25) is 0 Å². The summed E-state index contributed by atoms with van der Waals surface area (Å²) in [5.41, 5.74) is 0.936. The number of aldehydes is 1. The molecule has 0 amide bonds. The molecular formula is C12H6Cl2FNO. The number of halogens is 3. The van der Waals surface area contributed by atoms with Crippen molar-refractivity contribution in [3.05, 3.63) is 52.0 Å². The highest BCUT2D eigenvalue weighted by atomic mass is 35.5. The summed E-state index contributed by atoms with van der Waals surface area (Å²) in [6, 6.07) is 4.80. The third-order valence-corrected chi connectivity index (χ3v) is 3.03. The Morgan fingerprint density at radius 3 is 2.59 bits per heavy atom. The second-order valence-corrected chi connectivity index (χ2v) is 4.14. The minimum atomic E-state index is -0.663. The monoisotopic (exact) mass is 269 g/mol. The summed E-state index contributed by atoms with van der Waals surface area (Å²) in [5, 5.41) is 0.734. The zero-order valence-electron chi connectivity index (χ0n) is 8.45. The van der Waals surface area contributed by atoms with E-state index < -0.39 is 5.82 Å². The fourth-order valence-corrected chi connectivity index (χ4v) is 1.76. The highest BCUT2D eigenvalue weighted by Gasteiger charge is 2.11. The zero-order chi connectivity index (χ0) is 12.4. The molecule has 0 unspecified atom stereocenters. The molecule has 0 saturated heterocycles. The van der Waals surface area contributed by atoms with Crippen LogP contribution in [0.4, 0.5) is 4.39 Å². The summed E-state index contributed by atoms with van der Waals surface area (Å²) in [5.74, 6) is -0.663. The van der Waals surface area contributed by atoms with Gasteiger partial charge < -0.3 is 0 Å². The fraction of sp³-hybridized carbons (Fsp3) is 0. The van der Waals surface area contributed by atoms with Gasteiger partial charge in [-0.25, -0.2) is 4.39 Å². The third kappa shape index (κ3) is 2.30. The van der Waals surface area contributed by atoms with Crippen LogP contribution in [-0.4, -0.2) is 11.3 Å². The Bertz CT molecular complexity index is 587. The number of benzene rings is 1. The second kappa shape index (κ2) is 4.82. The van der Waals surface area contributed by atoms with Gasteiger partial charge in [0, 0.05) is 11.8 Å². The Morgan fingerprint density at radius 1 is 1.18 bits per heavy atom. The fourth-order valence-electron chi connectivity index (χ4n) is 1.46. The van der Waals surface area contributed by atoms with Gasteiger partial charge in [0.1, 0.15) is 0 Å². The summed E-state index contributed by atoms with van der Waals surface area (Å²) < 4.78 is 13.4. The molecule has 0 N–H and O–H groups in total. The predicted molar refractivity (Wildman–Crippen MR) is 65.0 cm³/mol. The van der Waals surface area contributed by atoms with Crippen LogP contribution in [0.15, 0.2) is 30.6 Å². The molecule has 0 aliphatic carbocycles. The average molecular weight is 270 g/mol. The zero-order valence-corrected chi connectivity index (χ0v) is 9.97. The van der Waals surface area contributed by atoms with E-state index in [-0.39, 0.29) is 5.56 Å². The van der Waals surface area contributed by atoms with E-state index in [4.69, 9.17) is 23.2 Å². The number of rotatable bonds is 2. The number of aromatic nitrogens is 1. The van der Waals surface area contributed by atoms with Gasteiger partial charge in [-0.05, 0) is 17.7 Å². The summed E-state index contributed by atoms with van der Waals surface area (Å²) in [4.78, 5) is 14.6. The number of pyridine rings is 1. The topological polar surface area (TPSA) is 30.0 Å². The van der Waals surface area contributed by atoms with E-state index in [1.165, 1.54) is 6.20 Å². The van der Waals surface area contributed by atoms with Crippen molar-refractivity contribution in [1.29, 1.82) is 0 Å². The number of hydrogen-bond donors (Lipinski definition) is 0. The molecule has 0 radical (unpaired) electrons. The highest BCUT2D eigenvalue weighted by Crippen LogP contribution is 2.30. The molecule has 2 aromatic rings. The van der Waals surface area contributed by atoms with Crippen LogP contribution in [0, 0.1) is 5.82 Å². The normalized spacial score (nSPS) is 10.3. The smallest absolute Gasteiger partial charge is 0.153 e. The molecule has 1 aromatic carbocycles. The lowest BCUT2D eigenvalue weighted by Crippen LogP contribution is -1.94. The first-order chi connectivity index (χ1) is 8.13. The van der Waals surface area contributed by atoms with Gasteiger partial charge in [-0.3, -0.25) is 9.78 Å². The molecule has 2 nitrogen and oxygen atoms in total. The van der Waals surface area contributed by atoms with Crippen LogP contribution < -0.4 is 0 Å². The second-order valence-electron chi connectivity index (χ2n) is 3.33. The predicted octanol–water partition coefficient (Wildman–Crippen LogP) is 4.01. The molecule has 0 atom stereocenters. The largest absolute Gasteiger partial charge is 0.298 e. The minimum Gasteiger partial charge on any atom is -0.298 e. The van der Waals surface area contributed by atoms with E-state index in [9.17, 15) is 9.18 Å². The first-order valence-electron chi connectivity index (χ1n) is 4.67. The maximum atomic E-state index is 13.4. The van der Waals surface area contributed by atoms with E-state index in [0.717, 1.165) is 6.20 Å². The van der Waals surface area contributed by atoms with Gasteiger partial charge in [-0.15, -0.1) is 0 Å². The van der Waals surface area contributed by atoms with Gasteiger partial charge in [-0.1, -0.05) is 29.3 Å². The van der Waals surface area contributed by atoms with E-state index in [1.807, 2.05) is 0 Å². The summed E-state index contributed by atoms with van der Waals surface area (Å²) in [6.07, 6.45) is 2.85. The van der Waals surface area contributed by atoms with Crippen molar-refractivity contribution in [2.45, 2.75) is 0 Å². The van der Waals surface area contributed by atoms with Gasteiger partial charge >= 0.3 is 0 Å². The average Bonchev–Trinajstić information content (AvgIpc) is 2.32. The van der Waals surface area contributed by atoms with Crippen molar-refractivity contribution >= 4 is 29.5 Å². The van der Waals surface area contributed by atoms with E-state index in [0.29, 0.717) is 27.5 Å². The van der Waals surface area contributed by atoms with E-state index in [1.54, 1.807) is 18.2 Å². The maximum absolute atomic E-state index is 13.4. The van der Waals surface area contributed by atoms with Crippen molar-refractivity contribution in [3.63, 3.8) is 0 Å². The van der Waals surface area contributed by atoms with Crippen LogP contribution in [0.2, 0.25) is 10.0 Å². The summed E-state index contributed by atoms with van der Waals surface area (Å²) in [7, 11) is 0. The van der Waals surface area contributed by atoms with E-state index in [2.05, 4.69) is 4.98 Å². The Hall–Kier alpha value is -1.45. The van der Waals surface area contributed by atoms with Crippen LogP contribution in [0.3, 0.4) is 0 Å². The summed E-state index contributed by atoms with van der Waals surface area (Å²) in [6.45, 7) is 0. The van der Waals surface area contributed by atoms with Crippen LogP contribution in [0.5, 0.6) is 0 Å². The van der Waals surface area contributed by atoms with Gasteiger partial charge in [0.25, 0.3) is 0 Å². The number of carbonyl (C=O) groups excluding carboxylic acids is 1. The molecule has 0 fully saturated rings. The minimum absolute atomic E-state index is 0.0432. The number of carbonyl (C=O) groups is 1. The first kappa shape index (κ1) is 12.0. The van der Waals surface area contributed by atoms with Crippen LogP contribution in [0.25, 0.3) is 11.1 Å². The molecule has 0 aliphatic heterocycles. The molecule has 0 saturated carbocycles. The van der Waals surface area contributed by atoms with Crippen molar-refractivity contribution in [1.82, 2.24) is 4.98 Å². The molecule has 0 bridgehead atoms. The molecule has 1 heterocycles. The molecule has 17 heavy (non-hydrogen) atoms. The molecule has 2 rings (SSSR count). The lowest BCUT2D eigenvalue weighted by atomic mass is 10.0. The van der Waals surface area contributed by atoms with Crippen LogP contribution in [0.1, 0.15) is 10.4 Å². The van der Waals surface area contributed by atoms with E-state index >= 15 is 0 Å². The van der Waals surface area contributed by atoms with Crippen molar-refractivity contribution in [2.24, 2.45) is 0 Å². The Kier molecular flexibility index (Phi) is 3.41. The molecular weight excluding hydrogens is 264 g/mol. The summed E-state index contributed by atoms with van der Waals surface area (Å²) >= 11 is 11.6. The molecule has 0 aliphatic rings. The molecule has 0 spiro atoms. The Labute approximate surface area is 107 Å². The lowest BCUT2D eigenvalue weighted by molar-refractivity contribution is 0.112. The maximum Gasteiger partial charge on any atom is 0.153 e. The quantitative estimate of drug-likeness (QED) is 0.772. The SMILES string of the molecule is O=Cc1c(F)cncc1-c1ccc(Cl)c(Cl)c1. The van der Waals surface area contributed by atoms with Gasteiger partial charge in [0.05, 0.1) is 21.8 Å². The Morgan fingerprint density at radius 2 is 1.94 bits per heavy atom. The number of nitrogens with zero attached hydrogens (tertiary/aromatic N) is 1. The van der Waals surface area contributed by atoms with Crippen LogP contribution >= 0.6 is 23.2 Å².